The van der Waals surface area contributed by atoms with Gasteiger partial charge >= 0.3 is 0 Å². The number of benzene rings is 2. The number of hydrogen-bond acceptors (Lipinski definition) is 5. The van der Waals surface area contributed by atoms with Crippen LogP contribution in [-0.2, 0) is 11.2 Å². The van der Waals surface area contributed by atoms with E-state index in [2.05, 4.69) is 5.32 Å². The maximum absolute atomic E-state index is 12.8. The van der Waals surface area contributed by atoms with Gasteiger partial charge in [-0.1, -0.05) is 29.8 Å². The van der Waals surface area contributed by atoms with E-state index in [-0.39, 0.29) is 17.9 Å². The highest BCUT2D eigenvalue weighted by Gasteiger charge is 2.25. The Labute approximate surface area is 193 Å². The summed E-state index contributed by atoms with van der Waals surface area (Å²) in [6, 6.07) is 10.7. The minimum absolute atomic E-state index is 0.0193. The molecule has 3 rings (SSSR count). The van der Waals surface area contributed by atoms with Gasteiger partial charge in [0.05, 0.1) is 32.3 Å². The highest BCUT2D eigenvalue weighted by Crippen LogP contribution is 2.36. The first kappa shape index (κ1) is 23.7. The van der Waals surface area contributed by atoms with Crippen LogP contribution < -0.4 is 19.5 Å². The molecule has 2 amide bonds. The van der Waals surface area contributed by atoms with Gasteiger partial charge in [0.25, 0.3) is 5.91 Å². The quantitative estimate of drug-likeness (QED) is 0.649. The summed E-state index contributed by atoms with van der Waals surface area (Å²) in [5, 5.41) is 3.37. The third-order valence-corrected chi connectivity index (χ3v) is 5.78. The first-order chi connectivity index (χ1) is 15.5. The second kappa shape index (κ2) is 11.1. The van der Waals surface area contributed by atoms with Crippen LogP contribution in [0.15, 0.2) is 36.4 Å². The molecule has 0 unspecified atom stereocenters. The molecule has 0 atom stereocenters. The summed E-state index contributed by atoms with van der Waals surface area (Å²) in [6.07, 6.45) is 1.67. The number of ether oxygens (including phenoxy) is 3. The zero-order valence-electron chi connectivity index (χ0n) is 18.7. The predicted molar refractivity (Wildman–Crippen MR) is 123 cm³/mol. The lowest BCUT2D eigenvalue weighted by Gasteiger charge is -2.32. The Morgan fingerprint density at radius 2 is 1.78 bits per heavy atom. The topological polar surface area (TPSA) is 77.1 Å². The standard InChI is InChI=1S/C24H29ClN2O5/c1-4-32-23-19(25)13-17(14-21(23)31-3)24(29)26-18-9-11-27(12-10-18)22(28)15-16-7-5-6-8-20(16)30-2/h5-8,13-14,18H,4,9-12,15H2,1-3H3,(H,26,29). The van der Waals surface area contributed by atoms with E-state index in [1.807, 2.05) is 36.1 Å². The number of rotatable bonds is 8. The van der Waals surface area contributed by atoms with E-state index in [1.54, 1.807) is 19.2 Å². The van der Waals surface area contributed by atoms with E-state index in [9.17, 15) is 9.59 Å². The number of nitrogens with zero attached hydrogens (tertiary/aromatic N) is 1. The number of methoxy groups -OCH3 is 2. The molecule has 32 heavy (non-hydrogen) atoms. The van der Waals surface area contributed by atoms with E-state index in [0.29, 0.717) is 66.8 Å². The molecule has 1 heterocycles. The second-order valence-corrected chi connectivity index (χ2v) is 7.95. The molecule has 2 aromatic carbocycles. The molecule has 1 aliphatic rings. The minimum atomic E-state index is -0.230. The van der Waals surface area contributed by atoms with E-state index < -0.39 is 0 Å². The number of hydrogen-bond donors (Lipinski definition) is 1. The molecular weight excluding hydrogens is 432 g/mol. The average Bonchev–Trinajstić information content (AvgIpc) is 2.81. The van der Waals surface area contributed by atoms with Gasteiger partial charge in [0, 0.05) is 30.3 Å². The minimum Gasteiger partial charge on any atom is -0.496 e. The van der Waals surface area contributed by atoms with Crippen molar-refractivity contribution in [2.75, 3.05) is 33.9 Å². The molecule has 0 aromatic heterocycles. The maximum atomic E-state index is 12.8. The fourth-order valence-electron chi connectivity index (χ4n) is 3.80. The van der Waals surface area contributed by atoms with E-state index in [1.165, 1.54) is 7.11 Å². The number of nitrogens with one attached hydrogen (secondary N) is 1. The van der Waals surface area contributed by atoms with E-state index in [0.717, 1.165) is 5.56 Å². The maximum Gasteiger partial charge on any atom is 0.251 e. The summed E-state index contributed by atoms with van der Waals surface area (Å²) >= 11 is 6.28. The molecular formula is C24H29ClN2O5. The van der Waals surface area contributed by atoms with Gasteiger partial charge in [0.15, 0.2) is 11.5 Å². The summed E-state index contributed by atoms with van der Waals surface area (Å²) in [7, 11) is 3.11. The molecule has 0 spiro atoms. The molecule has 1 fully saturated rings. The Balaban J connectivity index is 1.56. The van der Waals surface area contributed by atoms with Gasteiger partial charge in [0.2, 0.25) is 5.91 Å². The summed E-state index contributed by atoms with van der Waals surface area (Å²) < 4.78 is 16.2. The van der Waals surface area contributed by atoms with Gasteiger partial charge in [-0.3, -0.25) is 9.59 Å². The van der Waals surface area contributed by atoms with Gasteiger partial charge in [-0.2, -0.15) is 0 Å². The van der Waals surface area contributed by atoms with Crippen LogP contribution in [-0.4, -0.2) is 56.7 Å². The van der Waals surface area contributed by atoms with Gasteiger partial charge in [-0.15, -0.1) is 0 Å². The molecule has 7 nitrogen and oxygen atoms in total. The van der Waals surface area contributed by atoms with Crippen molar-refractivity contribution in [3.63, 3.8) is 0 Å². The number of amides is 2. The Kier molecular flexibility index (Phi) is 8.22. The summed E-state index contributed by atoms with van der Waals surface area (Å²) in [5.74, 6) is 1.39. The number of para-hydroxylation sites is 1. The van der Waals surface area contributed by atoms with Crippen LogP contribution in [0.25, 0.3) is 0 Å². The molecule has 8 heteroatoms. The van der Waals surface area contributed by atoms with Crippen LogP contribution in [0.2, 0.25) is 5.02 Å². The summed E-state index contributed by atoms with van der Waals surface area (Å²) in [5.41, 5.74) is 1.28. The van der Waals surface area contributed by atoms with Crippen molar-refractivity contribution < 1.29 is 23.8 Å². The SMILES string of the molecule is CCOc1c(Cl)cc(C(=O)NC2CCN(C(=O)Cc3ccccc3OC)CC2)cc1OC. The van der Waals surface area contributed by atoms with E-state index in [4.69, 9.17) is 25.8 Å². The fourth-order valence-corrected chi connectivity index (χ4v) is 4.07. The lowest BCUT2D eigenvalue weighted by molar-refractivity contribution is -0.131. The number of likely N-dealkylation sites (tertiary alicyclic amines) is 1. The number of halogens is 1. The van der Waals surface area contributed by atoms with Crippen LogP contribution in [0.4, 0.5) is 0 Å². The highest BCUT2D eigenvalue weighted by molar-refractivity contribution is 6.32. The van der Waals surface area contributed by atoms with Crippen LogP contribution in [0.1, 0.15) is 35.7 Å². The summed E-state index contributed by atoms with van der Waals surface area (Å²) in [4.78, 5) is 27.3. The van der Waals surface area contributed by atoms with Gasteiger partial charge < -0.3 is 24.4 Å². The Bertz CT molecular complexity index is 957. The Hall–Kier alpha value is -2.93. The van der Waals surface area contributed by atoms with Crippen molar-refractivity contribution >= 4 is 23.4 Å². The molecule has 0 aliphatic carbocycles. The normalized spacial score (nSPS) is 14.1. The third-order valence-electron chi connectivity index (χ3n) is 5.50. The molecule has 1 saturated heterocycles. The third kappa shape index (κ3) is 5.65. The fraction of sp³-hybridized carbons (Fsp3) is 0.417. The highest BCUT2D eigenvalue weighted by atomic mass is 35.5. The molecule has 1 N–H and O–H groups in total. The molecule has 0 saturated carbocycles. The van der Waals surface area contributed by atoms with Crippen molar-refractivity contribution in [1.29, 1.82) is 0 Å². The first-order valence-corrected chi connectivity index (χ1v) is 11.1. The lowest BCUT2D eigenvalue weighted by Crippen LogP contribution is -2.47. The van der Waals surface area contributed by atoms with Crippen LogP contribution in [0.5, 0.6) is 17.2 Å². The second-order valence-electron chi connectivity index (χ2n) is 7.54. The zero-order chi connectivity index (χ0) is 23.1. The van der Waals surface area contributed by atoms with Crippen molar-refractivity contribution in [1.82, 2.24) is 10.2 Å². The van der Waals surface area contributed by atoms with Crippen LogP contribution >= 0.6 is 11.6 Å². The van der Waals surface area contributed by atoms with Crippen LogP contribution in [0, 0.1) is 0 Å². The zero-order valence-corrected chi connectivity index (χ0v) is 19.4. The van der Waals surface area contributed by atoms with Crippen LogP contribution in [0.3, 0.4) is 0 Å². The number of carbonyl (C=O) groups excluding carboxylic acids is 2. The lowest BCUT2D eigenvalue weighted by atomic mass is 10.0. The van der Waals surface area contributed by atoms with Crippen molar-refractivity contribution in [3.05, 3.63) is 52.5 Å². The predicted octanol–water partition coefficient (Wildman–Crippen LogP) is 3.72. The van der Waals surface area contributed by atoms with Crippen molar-refractivity contribution in [2.24, 2.45) is 0 Å². The van der Waals surface area contributed by atoms with Gasteiger partial charge in [0.1, 0.15) is 5.75 Å². The molecule has 2 aromatic rings. The molecule has 172 valence electrons. The van der Waals surface area contributed by atoms with Crippen molar-refractivity contribution in [2.45, 2.75) is 32.2 Å². The first-order valence-electron chi connectivity index (χ1n) is 10.7. The largest absolute Gasteiger partial charge is 0.496 e. The smallest absolute Gasteiger partial charge is 0.251 e. The van der Waals surface area contributed by atoms with Gasteiger partial charge in [-0.25, -0.2) is 0 Å². The number of carbonyl (C=O) groups is 2. The Morgan fingerprint density at radius 3 is 2.44 bits per heavy atom. The van der Waals surface area contributed by atoms with Gasteiger partial charge in [-0.05, 0) is 38.0 Å². The Morgan fingerprint density at radius 1 is 1.09 bits per heavy atom. The number of piperidine rings is 1. The average molecular weight is 461 g/mol. The molecule has 0 radical (unpaired) electrons. The summed E-state index contributed by atoms with van der Waals surface area (Å²) in [6.45, 7) is 3.47. The molecule has 1 aliphatic heterocycles. The van der Waals surface area contributed by atoms with E-state index >= 15 is 0 Å². The monoisotopic (exact) mass is 460 g/mol. The molecule has 0 bridgehead atoms. The van der Waals surface area contributed by atoms with Crippen molar-refractivity contribution in [3.8, 4) is 17.2 Å².